The fourth-order valence-corrected chi connectivity index (χ4v) is 8.11. The molecule has 274 valence electrons. The molecular weight excluding hydrogens is 689 g/mol. The number of nitrogens with two attached hydrogens (primary N) is 4. The maximum Gasteiger partial charge on any atom is 0.0738 e. The lowest BCUT2D eigenvalue weighted by molar-refractivity contribution is 1.07. The van der Waals surface area contributed by atoms with Crippen molar-refractivity contribution in [2.75, 3.05) is 0 Å². The number of hydrogen-bond acceptors (Lipinski definition) is 6. The van der Waals surface area contributed by atoms with Gasteiger partial charge in [0.05, 0.1) is 22.8 Å². The molecule has 10 N–H and O–H groups in total. The average Bonchev–Trinajstić information content (AvgIpc) is 4.10. The van der Waals surface area contributed by atoms with Gasteiger partial charge in [0, 0.05) is 70.5 Å². The second-order valence-electron chi connectivity index (χ2n) is 13.9. The van der Waals surface area contributed by atoms with Gasteiger partial charge in [0.25, 0.3) is 0 Å². The predicted molar refractivity (Wildman–Crippen MR) is 232 cm³/mol. The summed E-state index contributed by atoms with van der Waals surface area (Å²) in [5.74, 6) is 0. The summed E-state index contributed by atoms with van der Waals surface area (Å²) in [5.41, 5.74) is 44.4. The number of nitrogens with one attached hydrogen (secondary N) is 2. The summed E-state index contributed by atoms with van der Waals surface area (Å²) in [7, 11) is 0. The number of nitrogens with zero attached hydrogens (tertiary/aromatic N) is 2. The zero-order chi connectivity index (χ0) is 38.2. The van der Waals surface area contributed by atoms with E-state index >= 15 is 0 Å². The van der Waals surface area contributed by atoms with Crippen molar-refractivity contribution in [3.63, 3.8) is 0 Å². The summed E-state index contributed by atoms with van der Waals surface area (Å²) in [6.07, 6.45) is 8.34. The highest BCUT2D eigenvalue weighted by Gasteiger charge is 2.22. The lowest BCUT2D eigenvalue weighted by Gasteiger charge is -2.12. The highest BCUT2D eigenvalue weighted by molar-refractivity contribution is 6.01. The van der Waals surface area contributed by atoms with Gasteiger partial charge in [-0.15, -0.1) is 0 Å². The Labute approximate surface area is 325 Å². The molecule has 8 bridgehead atoms. The Morgan fingerprint density at radius 1 is 0.321 bits per heavy atom. The minimum absolute atomic E-state index is 0.367. The van der Waals surface area contributed by atoms with Crippen LogP contribution in [0.5, 0.6) is 0 Å². The van der Waals surface area contributed by atoms with Gasteiger partial charge in [-0.2, -0.15) is 0 Å². The third kappa shape index (κ3) is 6.07. The van der Waals surface area contributed by atoms with Gasteiger partial charge < -0.3 is 32.9 Å². The van der Waals surface area contributed by atoms with Crippen molar-refractivity contribution in [1.82, 2.24) is 19.9 Å². The topological polar surface area (TPSA) is 161 Å². The van der Waals surface area contributed by atoms with Gasteiger partial charge >= 0.3 is 0 Å². The Kier molecular flexibility index (Phi) is 9.30. The molecule has 7 aromatic rings. The highest BCUT2D eigenvalue weighted by Crippen LogP contribution is 2.40. The second kappa shape index (κ2) is 14.9. The summed E-state index contributed by atoms with van der Waals surface area (Å²) in [5, 5.41) is 0. The molecule has 8 nitrogen and oxygen atoms in total. The molecule has 2 aliphatic rings. The first-order valence-electron chi connectivity index (χ1n) is 18.9. The molecule has 0 saturated heterocycles. The minimum atomic E-state index is 0.367. The number of fused-ring (bicyclic) bond motifs is 8. The molecule has 9 rings (SSSR count). The Morgan fingerprint density at radius 2 is 0.589 bits per heavy atom. The van der Waals surface area contributed by atoms with Crippen molar-refractivity contribution >= 4 is 46.4 Å². The van der Waals surface area contributed by atoms with Crippen LogP contribution in [0.2, 0.25) is 0 Å². The van der Waals surface area contributed by atoms with Crippen molar-refractivity contribution in [2.45, 2.75) is 26.2 Å². The number of rotatable bonds is 8. The molecule has 0 spiro atoms. The van der Waals surface area contributed by atoms with Crippen molar-refractivity contribution in [3.05, 3.63) is 166 Å². The van der Waals surface area contributed by atoms with Crippen LogP contribution >= 0.6 is 0 Å². The van der Waals surface area contributed by atoms with Crippen LogP contribution in [0.25, 0.3) is 90.9 Å². The van der Waals surface area contributed by atoms with Gasteiger partial charge in [0.2, 0.25) is 0 Å². The predicted octanol–water partition coefficient (Wildman–Crippen LogP) is 9.16. The van der Waals surface area contributed by atoms with Gasteiger partial charge in [0.1, 0.15) is 0 Å². The number of aromatic amines is 2. The highest BCUT2D eigenvalue weighted by atomic mass is 14.8. The first kappa shape index (κ1) is 35.0. The van der Waals surface area contributed by atoms with Crippen LogP contribution < -0.4 is 22.9 Å². The zero-order valence-corrected chi connectivity index (χ0v) is 30.9. The van der Waals surface area contributed by atoms with Gasteiger partial charge in [-0.05, 0) is 93.1 Å². The maximum absolute atomic E-state index is 6.40. The molecule has 0 fully saturated rings. The van der Waals surface area contributed by atoms with Gasteiger partial charge in [-0.1, -0.05) is 97.1 Å². The summed E-state index contributed by atoms with van der Waals surface area (Å²) < 4.78 is 0. The van der Waals surface area contributed by atoms with Gasteiger partial charge in [-0.25, -0.2) is 9.97 Å². The van der Waals surface area contributed by atoms with Gasteiger partial charge in [0.15, 0.2) is 0 Å². The molecule has 4 aromatic carbocycles. The molecular formula is C48H42N8. The van der Waals surface area contributed by atoms with Crippen molar-refractivity contribution < 1.29 is 0 Å². The number of H-pyrrole nitrogens is 2. The Balaban J connectivity index is 1.51. The third-order valence-corrected chi connectivity index (χ3v) is 10.8. The van der Waals surface area contributed by atoms with Crippen LogP contribution in [0.4, 0.5) is 0 Å². The zero-order valence-electron chi connectivity index (χ0n) is 30.9. The van der Waals surface area contributed by atoms with Crippen molar-refractivity contribution in [3.8, 4) is 44.5 Å². The standard InChI is InChI=1S/C48H42N8/c49-25-29-9-1-5-13-33(29)45-37-17-19-39(53-37)46(34-14-6-2-10-30(34)26-50)41-21-23-43(55-41)48(36-16-8-4-12-32(36)28-52)44-24-22-42(56-44)47(40-20-18-38(45)54-40)35-15-7-3-11-31(35)27-51/h1-24,53-54H,25-28,49-52H2. The van der Waals surface area contributed by atoms with Gasteiger partial charge in [-0.3, -0.25) is 0 Å². The lowest BCUT2D eigenvalue weighted by atomic mass is 9.97. The second-order valence-corrected chi connectivity index (χ2v) is 13.9. The number of aromatic nitrogens is 4. The van der Waals surface area contributed by atoms with Crippen LogP contribution in [0, 0.1) is 0 Å². The van der Waals surface area contributed by atoms with Crippen LogP contribution in [-0.2, 0) is 26.2 Å². The van der Waals surface area contributed by atoms with E-state index in [1.807, 2.05) is 42.5 Å². The minimum Gasteiger partial charge on any atom is -0.354 e. The van der Waals surface area contributed by atoms with E-state index in [0.717, 1.165) is 112 Å². The Bertz CT molecular complexity index is 2730. The summed E-state index contributed by atoms with van der Waals surface area (Å²) in [6.45, 7) is 1.50. The SMILES string of the molecule is NCc1ccccc1-c1c2nc(c(-c3ccccc3CN)c3ccc([nH]3)c(-c3ccccc3CN)c3ccc([nH]3)c(-c3ccccc3CN)c3nc1C=C3)C=C2. The molecule has 0 aliphatic carbocycles. The largest absolute Gasteiger partial charge is 0.354 e. The van der Waals surface area contributed by atoms with E-state index in [-0.39, 0.29) is 0 Å². The average molecular weight is 731 g/mol. The van der Waals surface area contributed by atoms with Crippen LogP contribution in [0.1, 0.15) is 45.0 Å². The number of hydrogen-bond donors (Lipinski definition) is 6. The molecule has 3 aromatic heterocycles. The maximum atomic E-state index is 6.40. The van der Waals surface area contributed by atoms with E-state index in [0.29, 0.717) is 26.2 Å². The van der Waals surface area contributed by atoms with E-state index < -0.39 is 0 Å². The van der Waals surface area contributed by atoms with Crippen molar-refractivity contribution in [2.24, 2.45) is 22.9 Å². The molecule has 0 amide bonds. The number of benzene rings is 4. The molecule has 5 heterocycles. The molecule has 0 saturated carbocycles. The van der Waals surface area contributed by atoms with E-state index in [9.17, 15) is 0 Å². The van der Waals surface area contributed by atoms with E-state index in [1.54, 1.807) is 0 Å². The van der Waals surface area contributed by atoms with Crippen molar-refractivity contribution in [1.29, 1.82) is 0 Å². The van der Waals surface area contributed by atoms with Crippen LogP contribution in [0.15, 0.2) is 121 Å². The molecule has 8 heteroatoms. The Hall–Kier alpha value is -6.68. The third-order valence-electron chi connectivity index (χ3n) is 10.8. The summed E-state index contributed by atoms with van der Waals surface area (Å²) >= 11 is 0. The molecule has 2 aliphatic heterocycles. The normalized spacial score (nSPS) is 12.1. The van der Waals surface area contributed by atoms with Crippen LogP contribution in [0.3, 0.4) is 0 Å². The Morgan fingerprint density at radius 3 is 0.929 bits per heavy atom. The smallest absolute Gasteiger partial charge is 0.0738 e. The molecule has 0 radical (unpaired) electrons. The van der Waals surface area contributed by atoms with E-state index in [1.165, 1.54) is 0 Å². The first-order chi connectivity index (χ1) is 27.6. The molecule has 0 unspecified atom stereocenters. The van der Waals surface area contributed by atoms with Crippen LogP contribution in [-0.4, -0.2) is 19.9 Å². The fourth-order valence-electron chi connectivity index (χ4n) is 8.11. The quantitative estimate of drug-likeness (QED) is 0.0914. The molecule has 56 heavy (non-hydrogen) atoms. The lowest BCUT2D eigenvalue weighted by Crippen LogP contribution is -2.01. The summed E-state index contributed by atoms with van der Waals surface area (Å²) in [6, 6.07) is 41.6. The molecule has 0 atom stereocenters. The van der Waals surface area contributed by atoms with E-state index in [4.69, 9.17) is 32.9 Å². The fraction of sp³-hybridized carbons (Fsp3) is 0.0833. The summed E-state index contributed by atoms with van der Waals surface area (Å²) in [4.78, 5) is 18.5. The monoisotopic (exact) mass is 730 g/mol. The first-order valence-corrected chi connectivity index (χ1v) is 18.9. The van der Waals surface area contributed by atoms with E-state index in [2.05, 4.69) is 113 Å².